The first-order chi connectivity index (χ1) is 10.0. The van der Waals surface area contributed by atoms with Crippen LogP contribution < -0.4 is 0 Å². The summed E-state index contributed by atoms with van der Waals surface area (Å²) in [5, 5.41) is 0. The monoisotopic (exact) mass is 308 g/mol. The molecule has 21 heavy (non-hydrogen) atoms. The van der Waals surface area contributed by atoms with Crippen molar-refractivity contribution in [1.29, 1.82) is 0 Å². The predicted octanol–water partition coefficient (Wildman–Crippen LogP) is 1.30. The maximum Gasteiger partial charge on any atom is 0.151 e. The van der Waals surface area contributed by atoms with Gasteiger partial charge in [0.15, 0.2) is 9.84 Å². The Morgan fingerprint density at radius 1 is 1.19 bits per heavy atom. The van der Waals surface area contributed by atoms with Crippen molar-refractivity contribution >= 4 is 9.84 Å². The van der Waals surface area contributed by atoms with Gasteiger partial charge in [0.2, 0.25) is 0 Å². The van der Waals surface area contributed by atoms with Crippen LogP contribution in [0.1, 0.15) is 17.5 Å². The molecule has 0 bridgehead atoms. The van der Waals surface area contributed by atoms with E-state index >= 15 is 0 Å². The minimum absolute atomic E-state index is 0.260. The number of piperazine rings is 1. The molecule has 2 aliphatic heterocycles. The summed E-state index contributed by atoms with van der Waals surface area (Å²) >= 11 is 0. The summed E-state index contributed by atoms with van der Waals surface area (Å²) in [6.45, 7) is 7.17. The zero-order chi connectivity index (χ0) is 14.9. The van der Waals surface area contributed by atoms with E-state index in [-0.39, 0.29) is 6.04 Å². The number of benzene rings is 1. The summed E-state index contributed by atoms with van der Waals surface area (Å²) in [5.74, 6) is 0.742. The van der Waals surface area contributed by atoms with E-state index in [0.717, 1.165) is 39.1 Å². The van der Waals surface area contributed by atoms with Crippen molar-refractivity contribution in [3.63, 3.8) is 0 Å². The van der Waals surface area contributed by atoms with Gasteiger partial charge >= 0.3 is 0 Å². The third-order valence-electron chi connectivity index (χ3n) is 4.62. The van der Waals surface area contributed by atoms with E-state index in [2.05, 4.69) is 41.0 Å². The molecule has 0 amide bonds. The second-order valence-corrected chi connectivity index (χ2v) is 8.59. The molecule has 0 aromatic heterocycles. The van der Waals surface area contributed by atoms with E-state index < -0.39 is 9.84 Å². The van der Waals surface area contributed by atoms with E-state index in [9.17, 15) is 8.42 Å². The number of nitrogens with zero attached hydrogens (tertiary/aromatic N) is 2. The molecule has 1 aromatic carbocycles. The summed E-state index contributed by atoms with van der Waals surface area (Å²) in [6, 6.07) is 8.93. The normalized spacial score (nSPS) is 27.0. The lowest BCUT2D eigenvalue weighted by Gasteiger charge is -2.37. The van der Waals surface area contributed by atoms with Crippen molar-refractivity contribution in [2.24, 2.45) is 0 Å². The third kappa shape index (κ3) is 3.84. The van der Waals surface area contributed by atoms with Crippen molar-refractivity contribution in [1.82, 2.24) is 9.80 Å². The molecule has 0 N–H and O–H groups in total. The van der Waals surface area contributed by atoms with Crippen LogP contribution in [-0.4, -0.2) is 61.9 Å². The lowest BCUT2D eigenvalue weighted by molar-refractivity contribution is 0.100. The van der Waals surface area contributed by atoms with E-state index in [1.165, 1.54) is 11.1 Å². The molecule has 0 spiro atoms. The average Bonchev–Trinajstić information content (AvgIpc) is 2.80. The maximum absolute atomic E-state index is 11.6. The van der Waals surface area contributed by atoms with Crippen LogP contribution in [0, 0.1) is 6.92 Å². The molecule has 3 rings (SSSR count). The zero-order valence-electron chi connectivity index (χ0n) is 12.7. The molecule has 2 aliphatic rings. The maximum atomic E-state index is 11.6. The molecule has 0 saturated carbocycles. The minimum Gasteiger partial charge on any atom is -0.297 e. The Morgan fingerprint density at radius 2 is 1.95 bits per heavy atom. The number of aryl methyl sites for hydroxylation is 1. The van der Waals surface area contributed by atoms with Gasteiger partial charge in [-0.1, -0.05) is 29.8 Å². The molecular formula is C16H24N2O2S. The van der Waals surface area contributed by atoms with Gasteiger partial charge in [0.05, 0.1) is 11.5 Å². The van der Waals surface area contributed by atoms with E-state index in [0.29, 0.717) is 11.5 Å². The smallest absolute Gasteiger partial charge is 0.151 e. The van der Waals surface area contributed by atoms with E-state index in [1.807, 2.05) is 0 Å². The second-order valence-electron chi connectivity index (χ2n) is 6.36. The molecule has 2 fully saturated rings. The van der Waals surface area contributed by atoms with Gasteiger partial charge in [-0.05, 0) is 18.9 Å². The highest BCUT2D eigenvalue weighted by atomic mass is 32.2. The Labute approximate surface area is 127 Å². The van der Waals surface area contributed by atoms with Crippen LogP contribution in [-0.2, 0) is 16.4 Å². The van der Waals surface area contributed by atoms with Crippen LogP contribution in [0.15, 0.2) is 24.3 Å². The molecule has 1 aromatic rings. The molecule has 2 saturated heterocycles. The fraction of sp³-hybridized carbons (Fsp3) is 0.625. The highest BCUT2D eigenvalue weighted by Gasteiger charge is 2.33. The van der Waals surface area contributed by atoms with Crippen molar-refractivity contribution in [3.8, 4) is 0 Å². The Hall–Kier alpha value is -0.910. The predicted molar refractivity (Wildman–Crippen MR) is 85.1 cm³/mol. The summed E-state index contributed by atoms with van der Waals surface area (Å²) in [7, 11) is -2.77. The van der Waals surface area contributed by atoms with Gasteiger partial charge in [-0.2, -0.15) is 0 Å². The lowest BCUT2D eigenvalue weighted by Crippen LogP contribution is -2.50. The third-order valence-corrected chi connectivity index (χ3v) is 6.37. The molecule has 0 radical (unpaired) electrons. The summed E-state index contributed by atoms with van der Waals surface area (Å²) in [5.41, 5.74) is 2.68. The molecule has 116 valence electrons. The van der Waals surface area contributed by atoms with Gasteiger partial charge in [0.25, 0.3) is 0 Å². The standard InChI is InChI=1S/C16H24N2O2S/c1-14-3-2-4-15(11-14)12-17-6-8-18(9-7-17)16-5-10-21(19,20)13-16/h2-4,11,16H,5-10,12-13H2,1H3. The first kappa shape index (κ1) is 15.0. The number of rotatable bonds is 3. The highest BCUT2D eigenvalue weighted by molar-refractivity contribution is 7.91. The first-order valence-electron chi connectivity index (χ1n) is 7.74. The molecule has 4 nitrogen and oxygen atoms in total. The van der Waals surface area contributed by atoms with Gasteiger partial charge in [-0.15, -0.1) is 0 Å². The number of hydrogen-bond donors (Lipinski definition) is 0. The van der Waals surface area contributed by atoms with Crippen LogP contribution in [0.3, 0.4) is 0 Å². The first-order valence-corrected chi connectivity index (χ1v) is 9.56. The van der Waals surface area contributed by atoms with Crippen molar-refractivity contribution < 1.29 is 8.42 Å². The topological polar surface area (TPSA) is 40.6 Å². The molecular weight excluding hydrogens is 284 g/mol. The van der Waals surface area contributed by atoms with E-state index in [4.69, 9.17) is 0 Å². The SMILES string of the molecule is Cc1cccc(CN2CCN(C3CCS(=O)(=O)C3)CC2)c1. The Bertz CT molecular complexity index is 592. The zero-order valence-corrected chi connectivity index (χ0v) is 13.5. The molecule has 1 unspecified atom stereocenters. The van der Waals surface area contributed by atoms with Crippen molar-refractivity contribution in [2.45, 2.75) is 25.9 Å². The molecule has 5 heteroatoms. The van der Waals surface area contributed by atoms with Gasteiger partial charge in [0, 0.05) is 38.8 Å². The minimum atomic E-state index is -2.77. The van der Waals surface area contributed by atoms with Gasteiger partial charge < -0.3 is 0 Å². The second kappa shape index (κ2) is 6.07. The molecule has 1 atom stereocenters. The summed E-state index contributed by atoms with van der Waals surface area (Å²) in [4.78, 5) is 4.84. The Kier molecular flexibility index (Phi) is 4.33. The molecule has 2 heterocycles. The number of hydrogen-bond acceptors (Lipinski definition) is 4. The van der Waals surface area contributed by atoms with Crippen molar-refractivity contribution in [3.05, 3.63) is 35.4 Å². The van der Waals surface area contributed by atoms with Crippen LogP contribution in [0.4, 0.5) is 0 Å². The fourth-order valence-electron chi connectivity index (χ4n) is 3.42. The molecule has 0 aliphatic carbocycles. The van der Waals surface area contributed by atoms with Crippen LogP contribution in [0.2, 0.25) is 0 Å². The highest BCUT2D eigenvalue weighted by Crippen LogP contribution is 2.20. The van der Waals surface area contributed by atoms with Gasteiger partial charge in [-0.25, -0.2) is 8.42 Å². The number of sulfone groups is 1. The summed E-state index contributed by atoms with van der Waals surface area (Å²) < 4.78 is 23.2. The lowest BCUT2D eigenvalue weighted by atomic mass is 10.1. The van der Waals surface area contributed by atoms with Crippen LogP contribution in [0.5, 0.6) is 0 Å². The average molecular weight is 308 g/mol. The summed E-state index contributed by atoms with van der Waals surface area (Å²) in [6.07, 6.45) is 0.820. The quantitative estimate of drug-likeness (QED) is 0.844. The van der Waals surface area contributed by atoms with Crippen LogP contribution in [0.25, 0.3) is 0 Å². The van der Waals surface area contributed by atoms with Gasteiger partial charge in [-0.3, -0.25) is 9.80 Å². The van der Waals surface area contributed by atoms with E-state index in [1.54, 1.807) is 0 Å². The fourth-order valence-corrected chi connectivity index (χ4v) is 5.18. The van der Waals surface area contributed by atoms with Crippen LogP contribution >= 0.6 is 0 Å². The Balaban J connectivity index is 1.51. The van der Waals surface area contributed by atoms with Crippen molar-refractivity contribution in [2.75, 3.05) is 37.7 Å². The van der Waals surface area contributed by atoms with Gasteiger partial charge in [0.1, 0.15) is 0 Å². The Morgan fingerprint density at radius 3 is 2.57 bits per heavy atom. The largest absolute Gasteiger partial charge is 0.297 e.